The van der Waals surface area contributed by atoms with Gasteiger partial charge in [-0.2, -0.15) is 0 Å². The SMILES string of the molecule is Cn1c2c(c(=O)[nH]c1=O)N(c1ccc(Cl)cc1)CC(Br)=N2. The minimum absolute atomic E-state index is 0.317. The van der Waals surface area contributed by atoms with Gasteiger partial charge in [-0.15, -0.1) is 0 Å². The van der Waals surface area contributed by atoms with Crippen LogP contribution < -0.4 is 16.1 Å². The Hall–Kier alpha value is -1.86. The second-order valence-corrected chi connectivity index (χ2v) is 5.89. The molecule has 3 rings (SSSR count). The molecule has 1 aromatic carbocycles. The summed E-state index contributed by atoms with van der Waals surface area (Å²) < 4.78 is 1.94. The van der Waals surface area contributed by atoms with Crippen molar-refractivity contribution in [1.82, 2.24) is 9.55 Å². The van der Waals surface area contributed by atoms with Crippen molar-refractivity contribution >= 4 is 49.3 Å². The van der Waals surface area contributed by atoms with Crippen molar-refractivity contribution in [3.63, 3.8) is 0 Å². The summed E-state index contributed by atoms with van der Waals surface area (Å²) in [5.41, 5.74) is 0.159. The van der Waals surface area contributed by atoms with Gasteiger partial charge in [0.05, 0.1) is 6.54 Å². The van der Waals surface area contributed by atoms with Crippen LogP contribution in [-0.4, -0.2) is 20.7 Å². The summed E-state index contributed by atoms with van der Waals surface area (Å²) in [7, 11) is 1.56. The molecule has 8 heteroatoms. The molecule has 108 valence electrons. The average molecular weight is 370 g/mol. The quantitative estimate of drug-likeness (QED) is 0.838. The lowest BCUT2D eigenvalue weighted by atomic mass is 10.2. The minimum Gasteiger partial charge on any atom is -0.327 e. The fourth-order valence-electron chi connectivity index (χ4n) is 2.17. The Morgan fingerprint density at radius 2 is 1.95 bits per heavy atom. The van der Waals surface area contributed by atoms with Gasteiger partial charge in [0, 0.05) is 17.8 Å². The molecule has 0 amide bonds. The van der Waals surface area contributed by atoms with Crippen LogP contribution in [0.2, 0.25) is 5.02 Å². The maximum absolute atomic E-state index is 12.2. The maximum atomic E-state index is 12.2. The van der Waals surface area contributed by atoms with Gasteiger partial charge in [0.15, 0.2) is 11.5 Å². The van der Waals surface area contributed by atoms with Crippen LogP contribution in [0.3, 0.4) is 0 Å². The van der Waals surface area contributed by atoms with E-state index >= 15 is 0 Å². The first-order chi connectivity index (χ1) is 9.97. The number of aliphatic imine (C=N–C) groups is 1. The third-order valence-corrected chi connectivity index (χ3v) is 3.87. The zero-order valence-corrected chi connectivity index (χ0v) is 13.3. The Morgan fingerprint density at radius 3 is 2.62 bits per heavy atom. The van der Waals surface area contributed by atoms with Gasteiger partial charge in [-0.05, 0) is 40.2 Å². The zero-order chi connectivity index (χ0) is 15.1. The molecule has 1 aromatic heterocycles. The molecule has 0 fully saturated rings. The molecule has 21 heavy (non-hydrogen) atoms. The third-order valence-electron chi connectivity index (χ3n) is 3.19. The highest BCUT2D eigenvalue weighted by molar-refractivity contribution is 9.18. The number of H-pyrrole nitrogens is 1. The van der Waals surface area contributed by atoms with Crippen LogP contribution in [0, 0.1) is 0 Å². The van der Waals surface area contributed by atoms with Gasteiger partial charge in [-0.3, -0.25) is 14.3 Å². The summed E-state index contributed by atoms with van der Waals surface area (Å²) in [6, 6.07) is 7.10. The fourth-order valence-corrected chi connectivity index (χ4v) is 2.71. The van der Waals surface area contributed by atoms with E-state index in [-0.39, 0.29) is 0 Å². The summed E-state index contributed by atoms with van der Waals surface area (Å²) in [5.74, 6) is 0.317. The molecule has 0 radical (unpaired) electrons. The highest BCUT2D eigenvalue weighted by Crippen LogP contribution is 2.34. The molecule has 0 spiro atoms. The molecule has 0 unspecified atom stereocenters. The predicted molar refractivity (Wildman–Crippen MR) is 86.8 cm³/mol. The van der Waals surface area contributed by atoms with E-state index in [0.29, 0.717) is 27.7 Å². The molecule has 2 heterocycles. The molecule has 0 saturated heterocycles. The minimum atomic E-state index is -0.499. The van der Waals surface area contributed by atoms with Crippen LogP contribution in [0.4, 0.5) is 17.2 Å². The van der Waals surface area contributed by atoms with Crippen LogP contribution in [-0.2, 0) is 7.05 Å². The molecule has 0 saturated carbocycles. The second kappa shape index (κ2) is 5.16. The monoisotopic (exact) mass is 368 g/mol. The molecule has 6 nitrogen and oxygen atoms in total. The Bertz CT molecular complexity index is 854. The number of benzene rings is 1. The Balaban J connectivity index is 2.27. The Morgan fingerprint density at radius 1 is 1.29 bits per heavy atom. The first kappa shape index (κ1) is 14.1. The number of halogens is 2. The van der Waals surface area contributed by atoms with Crippen molar-refractivity contribution in [2.75, 3.05) is 11.4 Å². The van der Waals surface area contributed by atoms with Gasteiger partial charge < -0.3 is 4.90 Å². The summed E-state index contributed by atoms with van der Waals surface area (Å²) in [6.45, 7) is 0.399. The van der Waals surface area contributed by atoms with Crippen LogP contribution >= 0.6 is 27.5 Å². The molecular formula is C13H10BrClN4O2. The first-order valence-corrected chi connectivity index (χ1v) is 7.24. The summed E-state index contributed by atoms with van der Waals surface area (Å²) in [6.07, 6.45) is 0. The van der Waals surface area contributed by atoms with E-state index in [4.69, 9.17) is 11.6 Å². The lowest BCUT2D eigenvalue weighted by molar-refractivity contribution is 0.792. The summed E-state index contributed by atoms with van der Waals surface area (Å²) in [4.78, 5) is 32.2. The second-order valence-electron chi connectivity index (χ2n) is 4.54. The number of aromatic nitrogens is 2. The standard InChI is InChI=1S/C13H10BrClN4O2/c1-18-11-10(12(20)17-13(18)21)19(6-9(14)16-11)8-4-2-7(15)3-5-8/h2-5H,6H2,1H3,(H,17,20,21). The number of hydrogen-bond donors (Lipinski definition) is 1. The highest BCUT2D eigenvalue weighted by Gasteiger charge is 2.25. The van der Waals surface area contributed by atoms with Crippen molar-refractivity contribution in [2.24, 2.45) is 12.0 Å². The van der Waals surface area contributed by atoms with Crippen LogP contribution in [0.5, 0.6) is 0 Å². The molecule has 0 bridgehead atoms. The van der Waals surface area contributed by atoms with E-state index in [9.17, 15) is 9.59 Å². The highest BCUT2D eigenvalue weighted by atomic mass is 79.9. The number of hydrogen-bond acceptors (Lipinski definition) is 4. The molecule has 1 aliphatic heterocycles. The lowest BCUT2D eigenvalue weighted by Gasteiger charge is -2.28. The molecule has 1 N–H and O–H groups in total. The topological polar surface area (TPSA) is 70.5 Å². The third kappa shape index (κ3) is 2.43. The van der Waals surface area contributed by atoms with Gasteiger partial charge in [-0.1, -0.05) is 11.6 Å². The smallest absolute Gasteiger partial charge is 0.327 e. The van der Waals surface area contributed by atoms with E-state index in [1.54, 1.807) is 24.1 Å². The van der Waals surface area contributed by atoms with E-state index in [1.165, 1.54) is 4.57 Å². The number of rotatable bonds is 1. The number of anilines is 2. The van der Waals surface area contributed by atoms with Crippen molar-refractivity contribution in [3.8, 4) is 0 Å². The maximum Gasteiger partial charge on any atom is 0.329 e. The van der Waals surface area contributed by atoms with E-state index in [2.05, 4.69) is 25.9 Å². The van der Waals surface area contributed by atoms with Gasteiger partial charge in [0.1, 0.15) is 4.62 Å². The number of nitrogens with one attached hydrogen (secondary N) is 1. The van der Waals surface area contributed by atoms with Gasteiger partial charge >= 0.3 is 5.69 Å². The number of nitrogens with zero attached hydrogens (tertiary/aromatic N) is 3. The van der Waals surface area contributed by atoms with Crippen molar-refractivity contribution in [2.45, 2.75) is 0 Å². The first-order valence-electron chi connectivity index (χ1n) is 6.07. The number of aromatic amines is 1. The number of fused-ring (bicyclic) bond motifs is 1. The van der Waals surface area contributed by atoms with E-state index < -0.39 is 11.2 Å². The molecular weight excluding hydrogens is 360 g/mol. The van der Waals surface area contributed by atoms with Crippen LogP contribution in [0.15, 0.2) is 38.8 Å². The van der Waals surface area contributed by atoms with Gasteiger partial charge in [0.2, 0.25) is 0 Å². The van der Waals surface area contributed by atoms with Gasteiger partial charge in [0.25, 0.3) is 5.56 Å². The van der Waals surface area contributed by atoms with Crippen molar-refractivity contribution in [3.05, 3.63) is 50.1 Å². The normalized spacial score (nSPS) is 13.9. The molecule has 0 atom stereocenters. The van der Waals surface area contributed by atoms with E-state index in [0.717, 1.165) is 5.69 Å². The van der Waals surface area contributed by atoms with Crippen molar-refractivity contribution in [1.29, 1.82) is 0 Å². The Kier molecular flexibility index (Phi) is 3.46. The summed E-state index contributed by atoms with van der Waals surface area (Å²) >= 11 is 9.24. The van der Waals surface area contributed by atoms with Gasteiger partial charge in [-0.25, -0.2) is 9.79 Å². The zero-order valence-electron chi connectivity index (χ0n) is 10.9. The summed E-state index contributed by atoms with van der Waals surface area (Å²) in [5, 5.41) is 0.609. The lowest BCUT2D eigenvalue weighted by Crippen LogP contribution is -2.37. The van der Waals surface area contributed by atoms with Crippen molar-refractivity contribution < 1.29 is 0 Å². The molecule has 0 aliphatic carbocycles. The molecule has 1 aliphatic rings. The van der Waals surface area contributed by atoms with Crippen LogP contribution in [0.1, 0.15) is 0 Å². The molecule has 2 aromatic rings. The fraction of sp³-hybridized carbons (Fsp3) is 0.154. The van der Waals surface area contributed by atoms with E-state index in [1.807, 2.05) is 12.1 Å². The largest absolute Gasteiger partial charge is 0.329 e. The Labute approximate surface area is 132 Å². The van der Waals surface area contributed by atoms with Crippen LogP contribution in [0.25, 0.3) is 0 Å². The average Bonchev–Trinajstić information content (AvgIpc) is 2.44. The predicted octanol–water partition coefficient (Wildman–Crippen LogP) is 2.30.